The lowest BCUT2D eigenvalue weighted by molar-refractivity contribution is -0.384. The molecule has 0 spiro atoms. The number of hydrogen-bond donors (Lipinski definition) is 0. The third-order valence-corrected chi connectivity index (χ3v) is 3.34. The highest BCUT2D eigenvalue weighted by Gasteiger charge is 2.32. The van der Waals surface area contributed by atoms with Crippen molar-refractivity contribution in [1.29, 1.82) is 5.26 Å². The van der Waals surface area contributed by atoms with Gasteiger partial charge in [-0.15, -0.1) is 0 Å². The minimum Gasteiger partial charge on any atom is -0.258 e. The average Bonchev–Trinajstić information content (AvgIpc) is 2.49. The van der Waals surface area contributed by atoms with Gasteiger partial charge in [-0.25, -0.2) is 0 Å². The van der Waals surface area contributed by atoms with Crippen LogP contribution in [-0.4, -0.2) is 9.91 Å². The molecule has 0 aliphatic heterocycles. The molecule has 0 unspecified atom stereocenters. The van der Waals surface area contributed by atoms with E-state index in [-0.39, 0.29) is 16.4 Å². The first kappa shape index (κ1) is 16.7. The molecule has 1 atom stereocenters. The maximum absolute atomic E-state index is 12.6. The Bertz CT molecular complexity index is 785. The average molecular weight is 342 g/mol. The van der Waals surface area contributed by atoms with Gasteiger partial charge in [-0.2, -0.15) is 18.4 Å². The van der Waals surface area contributed by atoms with E-state index in [1.807, 2.05) is 6.07 Å². The summed E-state index contributed by atoms with van der Waals surface area (Å²) < 4.78 is 37.8. The van der Waals surface area contributed by atoms with Gasteiger partial charge in [0.25, 0.3) is 5.69 Å². The van der Waals surface area contributed by atoms with E-state index in [1.165, 1.54) is 24.3 Å². The van der Waals surface area contributed by atoms with Crippen LogP contribution in [0.15, 0.2) is 36.5 Å². The number of alkyl halides is 3. The van der Waals surface area contributed by atoms with E-state index in [2.05, 4.69) is 4.98 Å². The van der Waals surface area contributed by atoms with E-state index in [0.717, 1.165) is 0 Å². The van der Waals surface area contributed by atoms with Crippen molar-refractivity contribution < 1.29 is 18.1 Å². The Morgan fingerprint density at radius 2 is 1.91 bits per heavy atom. The molecule has 1 heterocycles. The number of nitriles is 1. The molecular formula is C14H7ClF3N3O2. The first-order valence-corrected chi connectivity index (χ1v) is 6.48. The summed E-state index contributed by atoms with van der Waals surface area (Å²) in [4.78, 5) is 13.6. The van der Waals surface area contributed by atoms with Gasteiger partial charge in [0.1, 0.15) is 5.92 Å². The highest BCUT2D eigenvalue weighted by molar-refractivity contribution is 6.31. The van der Waals surface area contributed by atoms with Crippen molar-refractivity contribution in [2.45, 2.75) is 12.1 Å². The van der Waals surface area contributed by atoms with Gasteiger partial charge in [0.2, 0.25) is 0 Å². The molecule has 0 fully saturated rings. The molecule has 1 aromatic carbocycles. The lowest BCUT2D eigenvalue weighted by Gasteiger charge is -2.13. The van der Waals surface area contributed by atoms with E-state index in [9.17, 15) is 28.5 Å². The van der Waals surface area contributed by atoms with E-state index < -0.39 is 22.6 Å². The maximum atomic E-state index is 12.6. The van der Waals surface area contributed by atoms with E-state index in [0.29, 0.717) is 17.8 Å². The van der Waals surface area contributed by atoms with Crippen LogP contribution in [0.25, 0.3) is 0 Å². The fourth-order valence-electron chi connectivity index (χ4n) is 1.90. The Balaban J connectivity index is 2.42. The standard InChI is InChI=1S/C14H7ClF3N3O2/c15-12-5-9(14(16,17)18)7-20-13(12)11(6-19)8-1-3-10(4-2-8)21(22)23/h1-5,7,11H/t11-/m1/s1. The Kier molecular flexibility index (Phi) is 4.52. The third-order valence-electron chi connectivity index (χ3n) is 3.04. The van der Waals surface area contributed by atoms with Gasteiger partial charge in [-0.05, 0) is 11.6 Å². The molecule has 0 amide bonds. The van der Waals surface area contributed by atoms with Crippen molar-refractivity contribution in [3.8, 4) is 6.07 Å². The van der Waals surface area contributed by atoms with Gasteiger partial charge in [0.15, 0.2) is 0 Å². The van der Waals surface area contributed by atoms with Gasteiger partial charge in [0, 0.05) is 18.3 Å². The normalized spacial score (nSPS) is 12.5. The second-order valence-corrected chi connectivity index (χ2v) is 4.91. The molecule has 0 saturated heterocycles. The fraction of sp³-hybridized carbons (Fsp3) is 0.143. The number of aromatic nitrogens is 1. The number of benzene rings is 1. The van der Waals surface area contributed by atoms with Crippen LogP contribution in [0.3, 0.4) is 0 Å². The molecule has 23 heavy (non-hydrogen) atoms. The predicted octanol–water partition coefficient (Wildman–Crippen LogP) is 4.32. The summed E-state index contributed by atoms with van der Waals surface area (Å²) in [5, 5.41) is 19.6. The summed E-state index contributed by atoms with van der Waals surface area (Å²) in [7, 11) is 0. The Morgan fingerprint density at radius 1 is 1.30 bits per heavy atom. The molecule has 0 N–H and O–H groups in total. The Labute approximate surface area is 133 Å². The van der Waals surface area contributed by atoms with E-state index in [4.69, 9.17) is 11.6 Å². The zero-order chi connectivity index (χ0) is 17.2. The van der Waals surface area contributed by atoms with Crippen molar-refractivity contribution in [3.05, 3.63) is 68.5 Å². The minimum absolute atomic E-state index is 0.0454. The first-order chi connectivity index (χ1) is 10.7. The number of nitro benzene ring substituents is 1. The van der Waals surface area contributed by atoms with Gasteiger partial charge >= 0.3 is 6.18 Å². The topological polar surface area (TPSA) is 79.8 Å². The summed E-state index contributed by atoms with van der Waals surface area (Å²) >= 11 is 5.82. The third kappa shape index (κ3) is 3.57. The highest BCUT2D eigenvalue weighted by Crippen LogP contribution is 2.34. The molecule has 5 nitrogen and oxygen atoms in total. The molecule has 0 bridgehead atoms. The number of rotatable bonds is 3. The summed E-state index contributed by atoms with van der Waals surface area (Å²) in [6, 6.07) is 7.63. The van der Waals surface area contributed by atoms with Gasteiger partial charge in [0.05, 0.1) is 27.3 Å². The van der Waals surface area contributed by atoms with Gasteiger partial charge < -0.3 is 0 Å². The summed E-state index contributed by atoms with van der Waals surface area (Å²) in [6.45, 7) is 0. The number of pyridine rings is 1. The fourth-order valence-corrected chi connectivity index (χ4v) is 2.17. The van der Waals surface area contributed by atoms with Crippen LogP contribution in [0.4, 0.5) is 18.9 Å². The smallest absolute Gasteiger partial charge is 0.258 e. The van der Waals surface area contributed by atoms with Crippen LogP contribution in [-0.2, 0) is 6.18 Å². The minimum atomic E-state index is -4.59. The molecule has 0 aliphatic carbocycles. The van der Waals surface area contributed by atoms with Gasteiger partial charge in [-0.1, -0.05) is 23.7 Å². The summed E-state index contributed by atoms with van der Waals surface area (Å²) in [6.07, 6.45) is -4.00. The molecule has 0 radical (unpaired) electrons. The van der Waals surface area contributed by atoms with Crippen LogP contribution in [0.2, 0.25) is 5.02 Å². The van der Waals surface area contributed by atoms with Crippen molar-refractivity contribution >= 4 is 17.3 Å². The summed E-state index contributed by atoms with van der Waals surface area (Å²) in [5.74, 6) is -1.04. The molecule has 2 rings (SSSR count). The quantitative estimate of drug-likeness (QED) is 0.615. The Hall–Kier alpha value is -2.66. The zero-order valence-corrected chi connectivity index (χ0v) is 12.0. The largest absolute Gasteiger partial charge is 0.417 e. The Morgan fingerprint density at radius 3 is 2.35 bits per heavy atom. The number of hydrogen-bond acceptors (Lipinski definition) is 4. The number of non-ortho nitro benzene ring substituents is 1. The van der Waals surface area contributed by atoms with Crippen molar-refractivity contribution in [2.75, 3.05) is 0 Å². The molecule has 118 valence electrons. The van der Waals surface area contributed by atoms with Crippen LogP contribution in [0, 0.1) is 21.4 Å². The molecule has 0 saturated carbocycles. The molecule has 0 aliphatic rings. The lowest BCUT2D eigenvalue weighted by atomic mass is 9.96. The summed E-state index contributed by atoms with van der Waals surface area (Å²) in [5.41, 5.74) is -0.896. The van der Waals surface area contributed by atoms with Crippen LogP contribution in [0.1, 0.15) is 22.7 Å². The van der Waals surface area contributed by atoms with E-state index in [1.54, 1.807) is 0 Å². The molecule has 2 aromatic rings. The second kappa shape index (κ2) is 6.22. The zero-order valence-electron chi connectivity index (χ0n) is 11.2. The SMILES string of the molecule is N#C[C@H](c1ccc([N+](=O)[O-])cc1)c1ncc(C(F)(F)F)cc1Cl. The van der Waals surface area contributed by atoms with Crippen molar-refractivity contribution in [1.82, 2.24) is 4.98 Å². The monoisotopic (exact) mass is 341 g/mol. The van der Waals surface area contributed by atoms with Crippen molar-refractivity contribution in [2.24, 2.45) is 0 Å². The van der Waals surface area contributed by atoms with Crippen LogP contribution >= 0.6 is 11.6 Å². The lowest BCUT2D eigenvalue weighted by Crippen LogP contribution is -2.09. The molecule has 9 heteroatoms. The van der Waals surface area contributed by atoms with E-state index >= 15 is 0 Å². The van der Waals surface area contributed by atoms with Crippen LogP contribution in [0.5, 0.6) is 0 Å². The predicted molar refractivity (Wildman–Crippen MR) is 74.8 cm³/mol. The highest BCUT2D eigenvalue weighted by atomic mass is 35.5. The molecule has 1 aromatic heterocycles. The number of halogens is 4. The molecular weight excluding hydrogens is 335 g/mol. The van der Waals surface area contributed by atoms with Crippen LogP contribution < -0.4 is 0 Å². The number of nitro groups is 1. The maximum Gasteiger partial charge on any atom is 0.417 e. The van der Waals surface area contributed by atoms with Crippen molar-refractivity contribution in [3.63, 3.8) is 0 Å². The first-order valence-electron chi connectivity index (χ1n) is 6.10. The van der Waals surface area contributed by atoms with Gasteiger partial charge in [-0.3, -0.25) is 15.1 Å². The number of nitrogens with zero attached hydrogens (tertiary/aromatic N) is 3. The second-order valence-electron chi connectivity index (χ2n) is 4.50.